The number of ketones is 1. The predicted octanol–water partition coefficient (Wildman–Crippen LogP) is 4.41. The van der Waals surface area contributed by atoms with Crippen LogP contribution in [0.1, 0.15) is 27.6 Å². The Bertz CT molecular complexity index is 935. The normalized spacial score (nSPS) is 10.6. The Hall–Kier alpha value is -2.44. The lowest BCUT2D eigenvalue weighted by molar-refractivity contribution is 0.101. The number of carbonyl (C=O) groups is 2. The first-order valence-electron chi connectivity index (χ1n) is 7.05. The Kier molecular flexibility index (Phi) is 4.51. The first kappa shape index (κ1) is 16.4. The fraction of sp³-hybridized carbons (Fsp3) is 0.118. The van der Waals surface area contributed by atoms with Crippen LogP contribution in [0.15, 0.2) is 36.4 Å². The van der Waals surface area contributed by atoms with E-state index in [2.05, 4.69) is 10.3 Å². The van der Waals surface area contributed by atoms with Crippen molar-refractivity contribution < 1.29 is 14.3 Å². The molecule has 24 heavy (non-hydrogen) atoms. The highest BCUT2D eigenvalue weighted by Gasteiger charge is 2.15. The van der Waals surface area contributed by atoms with Crippen LogP contribution < -0.4 is 10.1 Å². The van der Waals surface area contributed by atoms with Gasteiger partial charge in [0.05, 0.1) is 16.8 Å². The molecule has 1 amide bonds. The van der Waals surface area contributed by atoms with E-state index >= 15 is 0 Å². The summed E-state index contributed by atoms with van der Waals surface area (Å²) in [5.74, 6) is 0.242. The van der Waals surface area contributed by atoms with Gasteiger partial charge in [-0.05, 0) is 31.2 Å². The molecule has 3 aromatic rings. The van der Waals surface area contributed by atoms with Gasteiger partial charge in [-0.25, -0.2) is 4.98 Å². The third kappa shape index (κ3) is 3.11. The third-order valence-corrected chi connectivity index (χ3v) is 4.88. The molecule has 0 aliphatic heterocycles. The number of Topliss-reactive ketones (excluding diaryl/α,β-unsaturated/α-hetero) is 1. The number of fused-ring (bicyclic) bond motifs is 1. The van der Waals surface area contributed by atoms with Crippen LogP contribution in [-0.4, -0.2) is 23.8 Å². The van der Waals surface area contributed by atoms with Crippen LogP contribution in [0, 0.1) is 0 Å². The number of nitrogens with one attached hydrogen (secondary N) is 1. The van der Waals surface area contributed by atoms with Crippen molar-refractivity contribution in [3.05, 3.63) is 52.5 Å². The van der Waals surface area contributed by atoms with Crippen LogP contribution in [-0.2, 0) is 0 Å². The van der Waals surface area contributed by atoms with Gasteiger partial charge in [0.15, 0.2) is 10.9 Å². The molecule has 0 atom stereocenters. The molecule has 7 heteroatoms. The van der Waals surface area contributed by atoms with Gasteiger partial charge in [-0.15, -0.1) is 0 Å². The highest BCUT2D eigenvalue weighted by molar-refractivity contribution is 7.23. The predicted molar refractivity (Wildman–Crippen MR) is 95.6 cm³/mol. The van der Waals surface area contributed by atoms with E-state index in [1.54, 1.807) is 43.5 Å². The van der Waals surface area contributed by atoms with Gasteiger partial charge in [0.25, 0.3) is 5.91 Å². The lowest BCUT2D eigenvalue weighted by Crippen LogP contribution is -2.11. The zero-order valence-corrected chi connectivity index (χ0v) is 14.5. The average molecular weight is 361 g/mol. The fourth-order valence-corrected chi connectivity index (χ4v) is 3.35. The number of aromatic nitrogens is 1. The van der Waals surface area contributed by atoms with Crippen molar-refractivity contribution in [2.24, 2.45) is 0 Å². The largest absolute Gasteiger partial charge is 0.494 e. The first-order chi connectivity index (χ1) is 11.5. The molecule has 1 N–H and O–H groups in total. The lowest BCUT2D eigenvalue weighted by atomic mass is 10.1. The van der Waals surface area contributed by atoms with Crippen molar-refractivity contribution in [1.82, 2.24) is 4.98 Å². The van der Waals surface area contributed by atoms with Gasteiger partial charge in [0, 0.05) is 11.1 Å². The molecular formula is C17H13ClN2O3S. The number of halogens is 1. The molecule has 0 unspecified atom stereocenters. The number of rotatable bonds is 4. The lowest BCUT2D eigenvalue weighted by Gasteiger charge is -2.02. The Morgan fingerprint density at radius 1 is 1.12 bits per heavy atom. The second-order valence-corrected chi connectivity index (χ2v) is 6.44. The highest BCUT2D eigenvalue weighted by Crippen LogP contribution is 2.37. The Balaban J connectivity index is 1.88. The van der Waals surface area contributed by atoms with Crippen LogP contribution in [0.2, 0.25) is 5.02 Å². The second-order valence-electron chi connectivity index (χ2n) is 5.03. The summed E-state index contributed by atoms with van der Waals surface area (Å²) in [5.41, 5.74) is 1.61. The van der Waals surface area contributed by atoms with Crippen LogP contribution in [0.25, 0.3) is 10.2 Å². The maximum atomic E-state index is 12.3. The molecule has 2 aromatic carbocycles. The SMILES string of the molecule is COc1ccc(Cl)c2sc(NC(=O)c3ccc(C(C)=O)cc3)nc12. The molecular weight excluding hydrogens is 348 g/mol. The number of hydrogen-bond donors (Lipinski definition) is 1. The highest BCUT2D eigenvalue weighted by atomic mass is 35.5. The number of amides is 1. The summed E-state index contributed by atoms with van der Waals surface area (Å²) < 4.78 is 6.01. The van der Waals surface area contributed by atoms with Crippen molar-refractivity contribution >= 4 is 50.0 Å². The van der Waals surface area contributed by atoms with E-state index < -0.39 is 0 Å². The maximum Gasteiger partial charge on any atom is 0.257 e. The summed E-state index contributed by atoms with van der Waals surface area (Å²) in [6, 6.07) is 9.91. The first-order valence-corrected chi connectivity index (χ1v) is 8.24. The van der Waals surface area contributed by atoms with Gasteiger partial charge in [-0.2, -0.15) is 0 Å². The minimum absolute atomic E-state index is 0.0464. The number of anilines is 1. The topological polar surface area (TPSA) is 68.3 Å². The molecule has 1 aromatic heterocycles. The molecule has 0 aliphatic rings. The standard InChI is InChI=1S/C17H13ClN2O3S/c1-9(21)10-3-5-11(6-4-10)16(22)20-17-19-14-13(23-2)8-7-12(18)15(14)24-17/h3-8H,1-2H3,(H,19,20,22). The van der Waals surface area contributed by atoms with E-state index in [1.165, 1.54) is 18.3 Å². The molecule has 0 radical (unpaired) electrons. The fourth-order valence-electron chi connectivity index (χ4n) is 2.20. The second kappa shape index (κ2) is 6.59. The van der Waals surface area contributed by atoms with Gasteiger partial charge in [0.1, 0.15) is 11.3 Å². The van der Waals surface area contributed by atoms with Crippen LogP contribution in [0.4, 0.5) is 5.13 Å². The Morgan fingerprint density at radius 3 is 2.42 bits per heavy atom. The third-order valence-electron chi connectivity index (χ3n) is 3.45. The number of benzene rings is 2. The number of methoxy groups -OCH3 is 1. The van der Waals surface area contributed by atoms with Crippen molar-refractivity contribution in [2.75, 3.05) is 12.4 Å². The Labute approximate surface area is 147 Å². The van der Waals surface area contributed by atoms with Gasteiger partial charge in [-0.3, -0.25) is 14.9 Å². The van der Waals surface area contributed by atoms with Gasteiger partial charge < -0.3 is 4.74 Å². The molecule has 1 heterocycles. The van der Waals surface area contributed by atoms with E-state index in [0.717, 1.165) is 4.70 Å². The zero-order chi connectivity index (χ0) is 17.3. The summed E-state index contributed by atoms with van der Waals surface area (Å²) in [6.45, 7) is 1.48. The number of ether oxygens (including phenoxy) is 1. The van der Waals surface area contributed by atoms with E-state index in [9.17, 15) is 9.59 Å². The summed E-state index contributed by atoms with van der Waals surface area (Å²) in [4.78, 5) is 28.0. The smallest absolute Gasteiger partial charge is 0.257 e. The van der Waals surface area contributed by atoms with Crippen LogP contribution in [0.3, 0.4) is 0 Å². The minimum Gasteiger partial charge on any atom is -0.494 e. The zero-order valence-electron chi connectivity index (χ0n) is 12.9. The van der Waals surface area contributed by atoms with Crippen molar-refractivity contribution in [1.29, 1.82) is 0 Å². The molecule has 0 saturated heterocycles. The van der Waals surface area contributed by atoms with Crippen LogP contribution in [0.5, 0.6) is 5.75 Å². The van der Waals surface area contributed by atoms with Crippen molar-refractivity contribution in [3.8, 4) is 5.75 Å². The Morgan fingerprint density at radius 2 is 1.79 bits per heavy atom. The summed E-state index contributed by atoms with van der Waals surface area (Å²) in [7, 11) is 1.55. The average Bonchev–Trinajstić information content (AvgIpc) is 3.00. The van der Waals surface area contributed by atoms with E-state index in [-0.39, 0.29) is 11.7 Å². The van der Waals surface area contributed by atoms with Crippen molar-refractivity contribution in [3.63, 3.8) is 0 Å². The molecule has 0 aliphatic carbocycles. The van der Waals surface area contributed by atoms with Crippen LogP contribution >= 0.6 is 22.9 Å². The summed E-state index contributed by atoms with van der Waals surface area (Å²) >= 11 is 7.45. The van der Waals surface area contributed by atoms with Gasteiger partial charge in [-0.1, -0.05) is 35.1 Å². The molecule has 122 valence electrons. The maximum absolute atomic E-state index is 12.3. The van der Waals surface area contributed by atoms with Gasteiger partial charge in [0.2, 0.25) is 0 Å². The molecule has 0 saturated carbocycles. The van der Waals surface area contributed by atoms with Gasteiger partial charge >= 0.3 is 0 Å². The monoisotopic (exact) mass is 360 g/mol. The quantitative estimate of drug-likeness (QED) is 0.699. The minimum atomic E-state index is -0.306. The number of thiazole rings is 1. The number of carbonyl (C=O) groups excluding carboxylic acids is 2. The van der Waals surface area contributed by atoms with E-state index in [4.69, 9.17) is 16.3 Å². The van der Waals surface area contributed by atoms with E-state index in [0.29, 0.717) is 32.5 Å². The molecule has 3 rings (SSSR count). The summed E-state index contributed by atoms with van der Waals surface area (Å²) in [6.07, 6.45) is 0. The van der Waals surface area contributed by atoms with E-state index in [1.807, 2.05) is 0 Å². The van der Waals surface area contributed by atoms with Crippen molar-refractivity contribution in [2.45, 2.75) is 6.92 Å². The number of nitrogens with zero attached hydrogens (tertiary/aromatic N) is 1. The molecule has 0 spiro atoms. The number of hydrogen-bond acceptors (Lipinski definition) is 5. The molecule has 0 bridgehead atoms. The molecule has 0 fully saturated rings. The summed E-state index contributed by atoms with van der Waals surface area (Å²) in [5, 5.41) is 3.72. The molecule has 5 nitrogen and oxygen atoms in total.